The van der Waals surface area contributed by atoms with Crippen LogP contribution in [0.15, 0.2) is 18.2 Å². The Labute approximate surface area is 162 Å². The lowest BCUT2D eigenvalue weighted by molar-refractivity contribution is 0.0321. The predicted molar refractivity (Wildman–Crippen MR) is 104 cm³/mol. The Morgan fingerprint density at radius 3 is 2.56 bits per heavy atom. The molecule has 2 aliphatic rings. The summed E-state index contributed by atoms with van der Waals surface area (Å²) < 4.78 is 11.3. The van der Waals surface area contributed by atoms with Crippen molar-refractivity contribution in [3.63, 3.8) is 0 Å². The molecule has 0 aliphatic carbocycles. The third-order valence-electron chi connectivity index (χ3n) is 5.37. The molecule has 1 N–H and O–H groups in total. The van der Waals surface area contributed by atoms with Crippen LogP contribution in [0.5, 0.6) is 11.5 Å². The van der Waals surface area contributed by atoms with E-state index in [9.17, 15) is 5.11 Å². The molecule has 0 spiro atoms. The number of likely N-dealkylation sites (tertiary alicyclic amines) is 2. The van der Waals surface area contributed by atoms with E-state index in [2.05, 4.69) is 21.9 Å². The first kappa shape index (κ1) is 19.9. The number of hydrogen-bond donors (Lipinski definition) is 1. The summed E-state index contributed by atoms with van der Waals surface area (Å²) in [5.74, 6) is 1.48. The molecular formula is C21H31N3O3. The highest BCUT2D eigenvalue weighted by molar-refractivity contribution is 5.43. The molecule has 1 atom stereocenters. The van der Waals surface area contributed by atoms with E-state index in [1.807, 2.05) is 12.1 Å². The van der Waals surface area contributed by atoms with Crippen LogP contribution < -0.4 is 9.47 Å². The fraction of sp³-hybridized carbons (Fsp3) is 0.667. The number of ether oxygens (including phenoxy) is 2. The van der Waals surface area contributed by atoms with Gasteiger partial charge in [0.05, 0.1) is 19.1 Å². The lowest BCUT2D eigenvalue weighted by Crippen LogP contribution is -2.49. The van der Waals surface area contributed by atoms with Crippen LogP contribution in [0.25, 0.3) is 0 Å². The van der Waals surface area contributed by atoms with Gasteiger partial charge < -0.3 is 14.6 Å². The van der Waals surface area contributed by atoms with Crippen LogP contribution in [0.1, 0.15) is 31.2 Å². The van der Waals surface area contributed by atoms with E-state index in [4.69, 9.17) is 14.7 Å². The van der Waals surface area contributed by atoms with Gasteiger partial charge in [-0.25, -0.2) is 0 Å². The van der Waals surface area contributed by atoms with Gasteiger partial charge in [0.1, 0.15) is 12.7 Å². The van der Waals surface area contributed by atoms with Gasteiger partial charge in [0.15, 0.2) is 11.5 Å². The molecule has 148 valence electrons. The third kappa shape index (κ3) is 5.83. The molecule has 6 nitrogen and oxygen atoms in total. The number of methoxy groups -OCH3 is 1. The molecule has 1 aromatic rings. The number of nitrogens with zero attached hydrogens (tertiary/aromatic N) is 3. The minimum absolute atomic E-state index is 0.106. The van der Waals surface area contributed by atoms with Crippen LogP contribution in [0.3, 0.4) is 0 Å². The molecule has 2 aliphatic heterocycles. The van der Waals surface area contributed by atoms with Crippen molar-refractivity contribution < 1.29 is 14.6 Å². The molecule has 3 rings (SSSR count). The maximum atomic E-state index is 10.2. The fourth-order valence-corrected chi connectivity index (χ4v) is 3.82. The summed E-state index contributed by atoms with van der Waals surface area (Å²) in [5.41, 5.74) is 1.23. The van der Waals surface area contributed by atoms with Crippen molar-refractivity contribution in [2.24, 2.45) is 5.92 Å². The molecule has 1 aromatic carbocycles. The fourth-order valence-electron chi connectivity index (χ4n) is 3.82. The van der Waals surface area contributed by atoms with Gasteiger partial charge in [-0.15, -0.1) is 0 Å². The van der Waals surface area contributed by atoms with Gasteiger partial charge >= 0.3 is 0 Å². The van der Waals surface area contributed by atoms with Crippen LogP contribution in [0, 0.1) is 17.2 Å². The van der Waals surface area contributed by atoms with E-state index >= 15 is 0 Å². The molecule has 1 unspecified atom stereocenters. The Balaban J connectivity index is 1.49. The van der Waals surface area contributed by atoms with Gasteiger partial charge in [0, 0.05) is 26.2 Å². The second kappa shape index (κ2) is 9.93. The molecular weight excluding hydrogens is 342 g/mol. The second-order valence-corrected chi connectivity index (χ2v) is 7.68. The molecule has 0 aromatic heterocycles. The Kier molecular flexibility index (Phi) is 7.33. The Bertz CT molecular complexity index is 632. The Morgan fingerprint density at radius 1 is 1.15 bits per heavy atom. The van der Waals surface area contributed by atoms with Crippen molar-refractivity contribution in [2.75, 3.05) is 46.4 Å². The van der Waals surface area contributed by atoms with Crippen LogP contribution in [0.4, 0.5) is 0 Å². The van der Waals surface area contributed by atoms with Crippen LogP contribution in [-0.4, -0.2) is 67.5 Å². The zero-order valence-electron chi connectivity index (χ0n) is 16.3. The molecule has 2 saturated heterocycles. The average molecular weight is 373 g/mol. The van der Waals surface area contributed by atoms with E-state index in [-0.39, 0.29) is 12.5 Å². The summed E-state index contributed by atoms with van der Waals surface area (Å²) >= 11 is 0. The molecule has 6 heteroatoms. The van der Waals surface area contributed by atoms with Crippen molar-refractivity contribution in [2.45, 2.75) is 38.3 Å². The summed E-state index contributed by atoms with van der Waals surface area (Å²) in [6.07, 6.45) is 4.66. The summed E-state index contributed by atoms with van der Waals surface area (Å²) in [6.45, 7) is 5.49. The largest absolute Gasteiger partial charge is 0.493 e. The maximum Gasteiger partial charge on any atom is 0.161 e. The van der Waals surface area contributed by atoms with E-state index in [0.717, 1.165) is 32.7 Å². The molecule has 0 amide bonds. The first-order chi connectivity index (χ1) is 13.2. The first-order valence-electron chi connectivity index (χ1n) is 10.00. The zero-order valence-corrected chi connectivity index (χ0v) is 16.3. The normalized spacial score (nSPS) is 20.3. The number of benzene rings is 1. The minimum Gasteiger partial charge on any atom is -0.493 e. The first-order valence-corrected chi connectivity index (χ1v) is 10.00. The number of nitriles is 1. The number of aliphatic hydroxyl groups is 1. The number of rotatable bonds is 8. The summed E-state index contributed by atoms with van der Waals surface area (Å²) in [5, 5.41) is 19.0. The standard InChI is InChI=1S/C21H31N3O3/c1-26-21-10-17(12-23-8-4-2-3-5-9-23)6-7-20(21)27-16-19(25)15-24-13-18(11-22)14-24/h6-7,10,18-19,25H,2-5,8-9,12-16H2,1H3. The van der Waals surface area contributed by atoms with Gasteiger partial charge in [-0.2, -0.15) is 5.26 Å². The third-order valence-corrected chi connectivity index (χ3v) is 5.37. The molecule has 27 heavy (non-hydrogen) atoms. The average Bonchev–Trinajstić information content (AvgIpc) is 2.91. The van der Waals surface area contributed by atoms with Crippen LogP contribution in [0.2, 0.25) is 0 Å². The van der Waals surface area contributed by atoms with Crippen LogP contribution >= 0.6 is 0 Å². The predicted octanol–water partition coefficient (Wildman–Crippen LogP) is 2.27. The highest BCUT2D eigenvalue weighted by Gasteiger charge is 2.28. The number of β-amino-alcohol motifs (C(OH)–C–C–N with tert-alkyl or cyclic N) is 1. The Hall–Kier alpha value is -1.81. The number of aliphatic hydroxyl groups excluding tert-OH is 1. The lowest BCUT2D eigenvalue weighted by atomic mass is 10.0. The molecule has 2 fully saturated rings. The summed E-state index contributed by atoms with van der Waals surface area (Å²) in [4.78, 5) is 4.58. The van der Waals surface area contributed by atoms with E-state index in [1.54, 1.807) is 7.11 Å². The van der Waals surface area contributed by atoms with Crippen LogP contribution in [-0.2, 0) is 6.54 Å². The Morgan fingerprint density at radius 2 is 1.89 bits per heavy atom. The second-order valence-electron chi connectivity index (χ2n) is 7.68. The van der Waals surface area contributed by atoms with Crippen molar-refractivity contribution in [1.82, 2.24) is 9.80 Å². The SMILES string of the molecule is COc1cc(CN2CCCCCC2)ccc1OCC(O)CN1CC(C#N)C1. The zero-order chi connectivity index (χ0) is 19.1. The summed E-state index contributed by atoms with van der Waals surface area (Å²) in [6, 6.07) is 8.31. The molecule has 0 bridgehead atoms. The highest BCUT2D eigenvalue weighted by Crippen LogP contribution is 2.29. The minimum atomic E-state index is -0.578. The van der Waals surface area contributed by atoms with E-state index < -0.39 is 6.10 Å². The quantitative estimate of drug-likeness (QED) is 0.754. The van der Waals surface area contributed by atoms with Gasteiger partial charge in [0.2, 0.25) is 0 Å². The van der Waals surface area contributed by atoms with Crippen molar-refractivity contribution in [1.29, 1.82) is 5.26 Å². The maximum absolute atomic E-state index is 10.2. The smallest absolute Gasteiger partial charge is 0.161 e. The van der Waals surface area contributed by atoms with Gasteiger partial charge in [-0.05, 0) is 43.6 Å². The van der Waals surface area contributed by atoms with Gasteiger partial charge in [0.25, 0.3) is 0 Å². The molecule has 0 radical (unpaired) electrons. The highest BCUT2D eigenvalue weighted by atomic mass is 16.5. The number of hydrogen-bond acceptors (Lipinski definition) is 6. The van der Waals surface area contributed by atoms with E-state index in [1.165, 1.54) is 31.2 Å². The van der Waals surface area contributed by atoms with Gasteiger partial charge in [-0.1, -0.05) is 18.9 Å². The van der Waals surface area contributed by atoms with Crippen molar-refractivity contribution in [3.8, 4) is 17.6 Å². The van der Waals surface area contributed by atoms with Gasteiger partial charge in [-0.3, -0.25) is 9.80 Å². The van der Waals surface area contributed by atoms with E-state index in [0.29, 0.717) is 18.0 Å². The molecule has 2 heterocycles. The lowest BCUT2D eigenvalue weighted by Gasteiger charge is -2.36. The topological polar surface area (TPSA) is 69.0 Å². The van der Waals surface area contributed by atoms with Crippen molar-refractivity contribution >= 4 is 0 Å². The summed E-state index contributed by atoms with van der Waals surface area (Å²) in [7, 11) is 1.65. The van der Waals surface area contributed by atoms with Crippen molar-refractivity contribution in [3.05, 3.63) is 23.8 Å². The monoisotopic (exact) mass is 373 g/mol. The molecule has 0 saturated carbocycles.